The number of ether oxygens (including phenoxy) is 1. The van der Waals surface area contributed by atoms with Crippen LogP contribution in [-0.4, -0.2) is 59.0 Å². The first kappa shape index (κ1) is 24.1. The molecule has 8 nitrogen and oxygen atoms in total. The van der Waals surface area contributed by atoms with Gasteiger partial charge >= 0.3 is 0 Å². The Bertz CT molecular complexity index is 1250. The van der Waals surface area contributed by atoms with Gasteiger partial charge in [-0.25, -0.2) is 0 Å². The van der Waals surface area contributed by atoms with Crippen molar-refractivity contribution in [3.8, 4) is 5.75 Å². The SMILES string of the molecule is Cc1ccc(C(=O)C2=C(O)C(=O)C(c3ccc(C)nn3)N2c2ccc(OCCN(C)C)cc2)cc1. The van der Waals surface area contributed by atoms with Crippen LogP contribution in [0.15, 0.2) is 72.1 Å². The molecule has 0 amide bonds. The molecule has 1 N–H and O–H groups in total. The first-order valence-electron chi connectivity index (χ1n) is 11.3. The van der Waals surface area contributed by atoms with E-state index in [2.05, 4.69) is 10.2 Å². The number of benzene rings is 2. The highest BCUT2D eigenvalue weighted by Gasteiger charge is 2.45. The number of aliphatic hydroxyl groups excluding tert-OH is 1. The van der Waals surface area contributed by atoms with Crippen molar-refractivity contribution in [1.82, 2.24) is 15.1 Å². The number of Topliss-reactive ketones (excluding diaryl/α,β-unsaturated/α-hetero) is 2. The molecule has 0 fully saturated rings. The van der Waals surface area contributed by atoms with Gasteiger partial charge in [0.2, 0.25) is 11.6 Å². The monoisotopic (exact) mass is 472 g/mol. The fourth-order valence-electron chi connectivity index (χ4n) is 3.81. The summed E-state index contributed by atoms with van der Waals surface area (Å²) in [5, 5.41) is 19.1. The molecule has 0 radical (unpaired) electrons. The predicted molar refractivity (Wildman–Crippen MR) is 133 cm³/mol. The summed E-state index contributed by atoms with van der Waals surface area (Å²) in [4.78, 5) is 30.3. The molecule has 0 saturated carbocycles. The zero-order valence-corrected chi connectivity index (χ0v) is 20.2. The van der Waals surface area contributed by atoms with E-state index in [1.807, 2.05) is 38.1 Å². The van der Waals surface area contributed by atoms with Crippen molar-refractivity contribution in [2.75, 3.05) is 32.1 Å². The number of aromatic nitrogens is 2. The number of aliphatic hydroxyl groups is 1. The highest BCUT2D eigenvalue weighted by Crippen LogP contribution is 2.40. The quantitative estimate of drug-likeness (QED) is 0.495. The smallest absolute Gasteiger partial charge is 0.228 e. The second kappa shape index (κ2) is 10.1. The van der Waals surface area contributed by atoms with E-state index in [0.717, 1.165) is 12.1 Å². The molecule has 0 saturated heterocycles. The minimum atomic E-state index is -1.02. The molecular weight excluding hydrogens is 444 g/mol. The van der Waals surface area contributed by atoms with Crippen LogP contribution in [0.2, 0.25) is 0 Å². The predicted octanol–water partition coefficient (Wildman–Crippen LogP) is 3.82. The highest BCUT2D eigenvalue weighted by molar-refractivity contribution is 6.20. The summed E-state index contributed by atoms with van der Waals surface area (Å²) in [5.41, 5.74) is 2.85. The number of carbonyl (C=O) groups is 2. The largest absolute Gasteiger partial charge is 0.503 e. The highest BCUT2D eigenvalue weighted by atomic mass is 16.5. The van der Waals surface area contributed by atoms with Crippen LogP contribution in [0.25, 0.3) is 0 Å². The maximum Gasteiger partial charge on any atom is 0.228 e. The lowest BCUT2D eigenvalue weighted by Crippen LogP contribution is -2.30. The molecule has 1 aliphatic heterocycles. The number of carbonyl (C=O) groups excluding carboxylic acids is 2. The van der Waals surface area contributed by atoms with Crippen LogP contribution in [-0.2, 0) is 4.79 Å². The van der Waals surface area contributed by atoms with Crippen LogP contribution < -0.4 is 9.64 Å². The van der Waals surface area contributed by atoms with Gasteiger partial charge in [0, 0.05) is 17.8 Å². The van der Waals surface area contributed by atoms with Crippen LogP contribution in [0.5, 0.6) is 5.75 Å². The lowest BCUT2D eigenvalue weighted by atomic mass is 10.1. The third-order valence-corrected chi connectivity index (χ3v) is 5.75. The fourth-order valence-corrected chi connectivity index (χ4v) is 3.81. The Balaban J connectivity index is 1.74. The molecule has 1 atom stereocenters. The second-order valence-corrected chi connectivity index (χ2v) is 8.77. The van der Waals surface area contributed by atoms with Gasteiger partial charge < -0.3 is 19.6 Å². The molecule has 180 valence electrons. The number of ketones is 2. The zero-order valence-electron chi connectivity index (χ0n) is 20.2. The van der Waals surface area contributed by atoms with Crippen molar-refractivity contribution in [3.63, 3.8) is 0 Å². The lowest BCUT2D eigenvalue weighted by Gasteiger charge is -2.27. The number of allylic oxidation sites excluding steroid dienone is 1. The lowest BCUT2D eigenvalue weighted by molar-refractivity contribution is -0.118. The molecule has 8 heteroatoms. The maximum atomic E-state index is 13.5. The summed E-state index contributed by atoms with van der Waals surface area (Å²) < 4.78 is 5.78. The Morgan fingerprint density at radius 2 is 1.69 bits per heavy atom. The van der Waals surface area contributed by atoms with Crippen LogP contribution in [0, 0.1) is 13.8 Å². The number of hydrogen-bond acceptors (Lipinski definition) is 8. The van der Waals surface area contributed by atoms with Crippen LogP contribution >= 0.6 is 0 Å². The van der Waals surface area contributed by atoms with Crippen molar-refractivity contribution >= 4 is 17.3 Å². The van der Waals surface area contributed by atoms with Crippen molar-refractivity contribution < 1.29 is 19.4 Å². The molecule has 35 heavy (non-hydrogen) atoms. The minimum absolute atomic E-state index is 0.0903. The number of anilines is 1. The number of aryl methyl sites for hydroxylation is 2. The summed E-state index contributed by atoms with van der Waals surface area (Å²) in [6.45, 7) is 5.00. The molecule has 1 aliphatic rings. The van der Waals surface area contributed by atoms with Gasteiger partial charge in [0.05, 0.1) is 11.4 Å². The van der Waals surface area contributed by atoms with Gasteiger partial charge in [-0.15, -0.1) is 0 Å². The van der Waals surface area contributed by atoms with Crippen molar-refractivity contribution in [3.05, 3.63) is 94.6 Å². The molecule has 3 aromatic rings. The normalized spacial score (nSPS) is 15.7. The van der Waals surface area contributed by atoms with Crippen LogP contribution in [0.4, 0.5) is 5.69 Å². The van der Waals surface area contributed by atoms with E-state index in [9.17, 15) is 14.7 Å². The Morgan fingerprint density at radius 3 is 2.29 bits per heavy atom. The Morgan fingerprint density at radius 1 is 1.00 bits per heavy atom. The molecule has 0 aliphatic carbocycles. The average Bonchev–Trinajstić information content (AvgIpc) is 3.10. The van der Waals surface area contributed by atoms with E-state index >= 15 is 0 Å². The van der Waals surface area contributed by atoms with E-state index < -0.39 is 23.4 Å². The van der Waals surface area contributed by atoms with E-state index in [1.54, 1.807) is 55.5 Å². The topological polar surface area (TPSA) is 95.9 Å². The average molecular weight is 473 g/mol. The first-order chi connectivity index (χ1) is 16.8. The molecule has 1 unspecified atom stereocenters. The van der Waals surface area contributed by atoms with Gasteiger partial charge in [-0.05, 0) is 64.3 Å². The molecule has 4 rings (SSSR count). The first-order valence-corrected chi connectivity index (χ1v) is 11.3. The zero-order chi connectivity index (χ0) is 25.1. The molecule has 2 aromatic carbocycles. The number of likely N-dealkylation sites (N-methyl/N-ethyl adjacent to an activating group) is 1. The fraction of sp³-hybridized carbons (Fsp3) is 0.259. The number of hydrogen-bond donors (Lipinski definition) is 1. The molecule has 0 spiro atoms. The summed E-state index contributed by atoms with van der Waals surface area (Å²) in [5.74, 6) is -0.990. The van der Waals surface area contributed by atoms with Gasteiger partial charge in [-0.3, -0.25) is 9.59 Å². The molecular formula is C27H28N4O4. The van der Waals surface area contributed by atoms with Gasteiger partial charge in [-0.2, -0.15) is 10.2 Å². The van der Waals surface area contributed by atoms with Gasteiger partial charge in [-0.1, -0.05) is 29.8 Å². The standard InChI is InChI=1S/C27H28N4O4/c1-17-5-8-19(9-6-17)25(32)24-27(34)26(33)23(22-14-7-18(2)28-29-22)31(24)20-10-12-21(13-11-20)35-16-15-30(3)4/h5-14,23,34H,15-16H2,1-4H3. The van der Waals surface area contributed by atoms with E-state index in [-0.39, 0.29) is 5.70 Å². The van der Waals surface area contributed by atoms with E-state index in [0.29, 0.717) is 35.0 Å². The van der Waals surface area contributed by atoms with Gasteiger partial charge in [0.25, 0.3) is 0 Å². The van der Waals surface area contributed by atoms with Gasteiger partial charge in [0.1, 0.15) is 24.1 Å². The maximum absolute atomic E-state index is 13.5. The number of rotatable bonds is 8. The Kier molecular flexibility index (Phi) is 6.93. The van der Waals surface area contributed by atoms with Crippen molar-refractivity contribution in [1.29, 1.82) is 0 Å². The molecule has 0 bridgehead atoms. The van der Waals surface area contributed by atoms with Gasteiger partial charge in [0.15, 0.2) is 5.76 Å². The summed E-state index contributed by atoms with van der Waals surface area (Å²) in [7, 11) is 3.94. The Hall–Kier alpha value is -4.04. The third-order valence-electron chi connectivity index (χ3n) is 5.75. The van der Waals surface area contributed by atoms with Crippen molar-refractivity contribution in [2.24, 2.45) is 0 Å². The minimum Gasteiger partial charge on any atom is -0.503 e. The molecule has 2 heterocycles. The molecule has 1 aromatic heterocycles. The summed E-state index contributed by atoms with van der Waals surface area (Å²) in [6, 6.07) is 16.5. The van der Waals surface area contributed by atoms with Crippen LogP contribution in [0.1, 0.15) is 33.4 Å². The third kappa shape index (κ3) is 5.07. The van der Waals surface area contributed by atoms with E-state index in [1.165, 1.54) is 4.90 Å². The van der Waals surface area contributed by atoms with E-state index in [4.69, 9.17) is 4.74 Å². The summed E-state index contributed by atoms with van der Waals surface area (Å²) >= 11 is 0. The second-order valence-electron chi connectivity index (χ2n) is 8.77. The summed E-state index contributed by atoms with van der Waals surface area (Å²) in [6.07, 6.45) is 0. The Labute approximate surface area is 204 Å². The number of nitrogens with zero attached hydrogens (tertiary/aromatic N) is 4. The van der Waals surface area contributed by atoms with Crippen LogP contribution in [0.3, 0.4) is 0 Å². The van der Waals surface area contributed by atoms with Crippen molar-refractivity contribution in [2.45, 2.75) is 19.9 Å².